The Balaban J connectivity index is 2.31. The van der Waals surface area contributed by atoms with Crippen LogP contribution in [-0.4, -0.2) is 14.9 Å². The summed E-state index contributed by atoms with van der Waals surface area (Å²) < 4.78 is 8.51. The van der Waals surface area contributed by atoms with Crippen molar-refractivity contribution in [2.75, 3.05) is 0 Å². The summed E-state index contributed by atoms with van der Waals surface area (Å²) in [4.78, 5) is 0. The predicted octanol–water partition coefficient (Wildman–Crippen LogP) is 3.65. The van der Waals surface area contributed by atoms with Crippen molar-refractivity contribution < 1.29 is 9.84 Å². The first-order valence-electron chi connectivity index (χ1n) is 6.05. The fourth-order valence-corrected chi connectivity index (χ4v) is 2.62. The summed E-state index contributed by atoms with van der Waals surface area (Å²) in [6.45, 7) is 5.62. The molecule has 1 aromatic carbocycles. The molecule has 4 nitrogen and oxygen atoms in total. The highest BCUT2D eigenvalue weighted by Crippen LogP contribution is 2.32. The van der Waals surface area contributed by atoms with E-state index >= 15 is 0 Å². The Hall–Kier alpha value is -1.33. The number of nitrogens with zero attached hydrogens (tertiary/aromatic N) is 2. The summed E-state index contributed by atoms with van der Waals surface area (Å²) >= 11 is 3.44. The number of hydrogen-bond acceptors (Lipinski definition) is 3. The number of benzene rings is 1. The highest BCUT2D eigenvalue weighted by atomic mass is 79.9. The van der Waals surface area contributed by atoms with Crippen LogP contribution in [0.15, 0.2) is 22.7 Å². The molecule has 0 fully saturated rings. The molecule has 19 heavy (non-hydrogen) atoms. The fourth-order valence-electron chi connectivity index (χ4n) is 1.93. The average Bonchev–Trinajstić information content (AvgIpc) is 2.56. The minimum atomic E-state index is -0.509. The molecule has 1 heterocycles. The summed E-state index contributed by atoms with van der Waals surface area (Å²) in [5.74, 6) is 1.50. The van der Waals surface area contributed by atoms with Gasteiger partial charge in [-0.15, -0.1) is 0 Å². The Morgan fingerprint density at radius 3 is 2.53 bits per heavy atom. The number of halogens is 1. The molecule has 0 saturated carbocycles. The summed E-state index contributed by atoms with van der Waals surface area (Å²) in [6.07, 6.45) is -0.509. The van der Waals surface area contributed by atoms with Gasteiger partial charge in [0.25, 0.3) is 0 Å². The molecule has 102 valence electrons. The van der Waals surface area contributed by atoms with Gasteiger partial charge in [0.1, 0.15) is 11.4 Å². The highest BCUT2D eigenvalue weighted by molar-refractivity contribution is 9.10. The van der Waals surface area contributed by atoms with E-state index in [1.165, 1.54) is 0 Å². The third-order valence-electron chi connectivity index (χ3n) is 3.08. The zero-order valence-electron chi connectivity index (χ0n) is 11.4. The number of ether oxygens (including phenoxy) is 1. The van der Waals surface area contributed by atoms with Crippen LogP contribution in [0.5, 0.6) is 11.5 Å². The molecule has 2 rings (SSSR count). The van der Waals surface area contributed by atoms with Gasteiger partial charge in [0.15, 0.2) is 5.75 Å². The Morgan fingerprint density at radius 2 is 2.05 bits per heavy atom. The van der Waals surface area contributed by atoms with Gasteiger partial charge in [-0.25, -0.2) is 0 Å². The quantitative estimate of drug-likeness (QED) is 0.937. The van der Waals surface area contributed by atoms with Crippen molar-refractivity contribution in [3.63, 3.8) is 0 Å². The van der Waals surface area contributed by atoms with Crippen molar-refractivity contribution in [2.24, 2.45) is 7.05 Å². The lowest BCUT2D eigenvalue weighted by molar-refractivity contribution is 0.198. The molecule has 0 spiro atoms. The average molecular weight is 325 g/mol. The fraction of sp³-hybridized carbons (Fsp3) is 0.357. The number of aliphatic hydroxyl groups excluding tert-OH is 1. The monoisotopic (exact) mass is 324 g/mol. The molecule has 0 bridgehead atoms. The zero-order valence-corrected chi connectivity index (χ0v) is 13.0. The molecule has 0 aliphatic heterocycles. The van der Waals surface area contributed by atoms with Gasteiger partial charge < -0.3 is 9.84 Å². The minimum Gasteiger partial charge on any atom is -0.453 e. The number of aryl methyl sites for hydroxylation is 2. The summed E-state index contributed by atoms with van der Waals surface area (Å²) in [5, 5.41) is 13.9. The van der Waals surface area contributed by atoms with Gasteiger partial charge in [-0.2, -0.15) is 5.10 Å². The van der Waals surface area contributed by atoms with E-state index in [2.05, 4.69) is 21.0 Å². The molecule has 1 N–H and O–H groups in total. The second-order valence-electron chi connectivity index (χ2n) is 4.58. The Morgan fingerprint density at radius 1 is 1.37 bits per heavy atom. The third-order valence-corrected chi connectivity index (χ3v) is 3.77. The standard InChI is InChI=1S/C14H17BrN2O2/c1-8-14(9(2)17(4)16-8)19-11-5-6-12(10(3)18)13(15)7-11/h5-7,10,18H,1-4H3/t10-/m1/s1. The van der Waals surface area contributed by atoms with E-state index in [-0.39, 0.29) is 0 Å². The smallest absolute Gasteiger partial charge is 0.171 e. The number of aromatic nitrogens is 2. The minimum absolute atomic E-state index is 0.509. The maximum atomic E-state index is 9.59. The van der Waals surface area contributed by atoms with Crippen molar-refractivity contribution in [3.8, 4) is 11.5 Å². The van der Waals surface area contributed by atoms with Gasteiger partial charge >= 0.3 is 0 Å². The topological polar surface area (TPSA) is 47.3 Å². The highest BCUT2D eigenvalue weighted by Gasteiger charge is 2.13. The van der Waals surface area contributed by atoms with E-state index in [0.29, 0.717) is 0 Å². The molecule has 0 saturated heterocycles. The molecule has 0 unspecified atom stereocenters. The van der Waals surface area contributed by atoms with Crippen molar-refractivity contribution in [1.29, 1.82) is 0 Å². The maximum absolute atomic E-state index is 9.59. The molecular formula is C14H17BrN2O2. The van der Waals surface area contributed by atoms with E-state index in [1.807, 2.05) is 39.1 Å². The first-order chi connectivity index (χ1) is 8.90. The third kappa shape index (κ3) is 2.82. The van der Waals surface area contributed by atoms with Crippen molar-refractivity contribution >= 4 is 15.9 Å². The van der Waals surface area contributed by atoms with Gasteiger partial charge in [-0.3, -0.25) is 4.68 Å². The van der Waals surface area contributed by atoms with Crippen LogP contribution in [0.25, 0.3) is 0 Å². The lowest BCUT2D eigenvalue weighted by atomic mass is 10.1. The molecule has 0 radical (unpaired) electrons. The molecule has 1 aromatic heterocycles. The lowest BCUT2D eigenvalue weighted by Gasteiger charge is -2.11. The summed E-state index contributed by atoms with van der Waals surface area (Å²) in [7, 11) is 1.89. The van der Waals surface area contributed by atoms with Crippen LogP contribution in [0, 0.1) is 13.8 Å². The molecular weight excluding hydrogens is 308 g/mol. The van der Waals surface area contributed by atoms with Gasteiger partial charge in [0, 0.05) is 11.5 Å². The van der Waals surface area contributed by atoms with E-state index in [4.69, 9.17) is 4.74 Å². The predicted molar refractivity (Wildman–Crippen MR) is 77.5 cm³/mol. The van der Waals surface area contributed by atoms with Crippen molar-refractivity contribution in [2.45, 2.75) is 26.9 Å². The molecule has 0 amide bonds. The van der Waals surface area contributed by atoms with Crippen LogP contribution in [-0.2, 0) is 7.05 Å². The maximum Gasteiger partial charge on any atom is 0.171 e. The van der Waals surface area contributed by atoms with Crippen molar-refractivity contribution in [1.82, 2.24) is 9.78 Å². The van der Waals surface area contributed by atoms with Crippen LogP contribution >= 0.6 is 15.9 Å². The van der Waals surface area contributed by atoms with Crippen LogP contribution < -0.4 is 4.74 Å². The van der Waals surface area contributed by atoms with E-state index in [0.717, 1.165) is 32.9 Å². The number of aliphatic hydroxyl groups is 1. The second kappa shape index (κ2) is 5.35. The zero-order chi connectivity index (χ0) is 14.2. The first-order valence-corrected chi connectivity index (χ1v) is 6.85. The van der Waals surface area contributed by atoms with Crippen molar-refractivity contribution in [3.05, 3.63) is 39.6 Å². The molecule has 2 aromatic rings. The van der Waals surface area contributed by atoms with Gasteiger partial charge in [0.2, 0.25) is 0 Å². The van der Waals surface area contributed by atoms with Gasteiger partial charge in [0.05, 0.1) is 11.8 Å². The van der Waals surface area contributed by atoms with Crippen LogP contribution in [0.3, 0.4) is 0 Å². The van der Waals surface area contributed by atoms with Crippen LogP contribution in [0.2, 0.25) is 0 Å². The Bertz CT molecular complexity index is 606. The van der Waals surface area contributed by atoms with E-state index in [1.54, 1.807) is 11.6 Å². The van der Waals surface area contributed by atoms with Gasteiger partial charge in [-0.05, 0) is 38.5 Å². The van der Waals surface area contributed by atoms with E-state index in [9.17, 15) is 5.11 Å². The molecule has 5 heteroatoms. The second-order valence-corrected chi connectivity index (χ2v) is 5.44. The van der Waals surface area contributed by atoms with Gasteiger partial charge in [-0.1, -0.05) is 22.0 Å². The summed E-state index contributed by atoms with van der Waals surface area (Å²) in [6, 6.07) is 5.55. The van der Waals surface area contributed by atoms with Crippen LogP contribution in [0.1, 0.15) is 30.0 Å². The molecule has 0 aliphatic rings. The SMILES string of the molecule is Cc1nn(C)c(C)c1Oc1ccc([C@@H](C)O)c(Br)c1. The lowest BCUT2D eigenvalue weighted by Crippen LogP contribution is -1.95. The first kappa shape index (κ1) is 14.1. The van der Waals surface area contributed by atoms with Crippen LogP contribution in [0.4, 0.5) is 0 Å². The van der Waals surface area contributed by atoms with E-state index < -0.39 is 6.10 Å². The number of hydrogen-bond donors (Lipinski definition) is 1. The number of rotatable bonds is 3. The Kier molecular flexibility index (Phi) is 3.96. The largest absolute Gasteiger partial charge is 0.453 e. The normalized spacial score (nSPS) is 12.5. The molecule has 1 atom stereocenters. The summed E-state index contributed by atoms with van der Waals surface area (Å²) in [5.41, 5.74) is 2.68. The Labute approximate surface area is 121 Å². The molecule has 0 aliphatic carbocycles.